The smallest absolute Gasteiger partial charge is 0.207 e. The Morgan fingerprint density at radius 2 is 0.532 bits per heavy atom. The summed E-state index contributed by atoms with van der Waals surface area (Å²) in [7, 11) is 0. The zero-order valence-electron chi connectivity index (χ0n) is 28.3. The van der Waals surface area contributed by atoms with Crippen LogP contribution < -0.4 is 43.1 Å². The summed E-state index contributed by atoms with van der Waals surface area (Å²) in [4.78, 5) is 5.50. The van der Waals surface area contributed by atoms with E-state index in [-0.39, 0.29) is 21.2 Å². The van der Waals surface area contributed by atoms with Crippen molar-refractivity contribution in [3.05, 3.63) is 167 Å². The topological polar surface area (TPSA) is 97.5 Å². The van der Waals surface area contributed by atoms with E-state index in [0.717, 1.165) is 0 Å². The van der Waals surface area contributed by atoms with Gasteiger partial charge in [-0.1, -0.05) is 22.7 Å². The highest BCUT2D eigenvalue weighted by molar-refractivity contribution is 7.20. The minimum Gasteiger partial charge on any atom is -0.207 e. The molecule has 0 spiro atoms. The fraction of sp³-hybridized carbons (Fsp3) is 0. The maximum absolute atomic E-state index is 15.4. The monoisotopic (exact) mass is 1050 g/mol. The van der Waals surface area contributed by atoms with Gasteiger partial charge in [-0.3, -0.25) is 0 Å². The summed E-state index contributed by atoms with van der Waals surface area (Å²) in [6.45, 7) is 0. The van der Waals surface area contributed by atoms with E-state index >= 15 is 35.1 Å². The predicted molar refractivity (Wildman–Crippen MR) is 173 cm³/mol. The fourth-order valence-corrected chi connectivity index (χ4v) is 11.7. The van der Waals surface area contributed by atoms with Crippen LogP contribution in [0.2, 0.25) is 0 Å². The van der Waals surface area contributed by atoms with Gasteiger partial charge in [0.25, 0.3) is 0 Å². The Bertz CT molecular complexity index is 2500. The van der Waals surface area contributed by atoms with E-state index in [0.29, 0.717) is 10.0 Å². The van der Waals surface area contributed by atoms with Crippen LogP contribution in [0, 0.1) is 122 Å². The lowest BCUT2D eigenvalue weighted by Gasteiger charge is -2.44. The second-order valence-electron chi connectivity index (χ2n) is 11.4. The molecule has 0 saturated carbocycles. The van der Waals surface area contributed by atoms with Crippen molar-refractivity contribution < 1.29 is 109 Å². The van der Waals surface area contributed by atoms with Crippen molar-refractivity contribution in [2.45, 2.75) is 0 Å². The third-order valence-corrected chi connectivity index (χ3v) is 14.0. The Kier molecular flexibility index (Phi) is 13.7. The lowest BCUT2D eigenvalue weighted by Crippen LogP contribution is -3.61. The molecule has 4 aromatic carbocycles. The van der Waals surface area contributed by atoms with E-state index in [9.17, 15) is 52.7 Å². The molecule has 0 aliphatic heterocycles. The molecule has 30 heteroatoms. The van der Waals surface area contributed by atoms with Gasteiger partial charge >= 0.3 is 21.2 Å². The molecule has 2 aromatic heterocycles. The van der Waals surface area contributed by atoms with Crippen molar-refractivity contribution in [2.75, 3.05) is 0 Å². The minimum atomic E-state index is -7.22. The summed E-state index contributed by atoms with van der Waals surface area (Å²) in [6.07, 6.45) is -7.22. The van der Waals surface area contributed by atoms with Crippen molar-refractivity contribution in [3.8, 4) is 0 Å². The van der Waals surface area contributed by atoms with Crippen LogP contribution in [0.15, 0.2) is 34.5 Å². The van der Waals surface area contributed by atoms with Gasteiger partial charge in [0.1, 0.15) is 52.7 Å². The van der Waals surface area contributed by atoms with Crippen LogP contribution >= 0.6 is 22.7 Å². The Balaban J connectivity index is 0.000000355. The molecule has 6 rings (SSSR count). The molecule has 62 heavy (non-hydrogen) atoms. The molecule has 2 heterocycles. The van der Waals surface area contributed by atoms with Gasteiger partial charge in [-0.15, -0.1) is 21.9 Å². The lowest BCUT2D eigenvalue weighted by molar-refractivity contribution is -0.585. The van der Waals surface area contributed by atoms with Crippen LogP contribution in [-0.2, 0) is 0 Å². The molecule has 0 radical (unpaired) electrons. The second-order valence-corrected chi connectivity index (χ2v) is 17.9. The number of halogens is 21. The number of hydrogen-bond acceptors (Lipinski definition) is 4. The van der Waals surface area contributed by atoms with Gasteiger partial charge in [0.05, 0.1) is 10.0 Å². The van der Waals surface area contributed by atoms with Crippen LogP contribution in [0.4, 0.5) is 97.8 Å². The fourth-order valence-electron chi connectivity index (χ4n) is 5.87. The predicted octanol–water partition coefficient (Wildman–Crippen LogP) is 7.67. The van der Waals surface area contributed by atoms with Gasteiger partial charge in [0.15, 0.2) is 69.8 Å². The van der Waals surface area contributed by atoms with Gasteiger partial charge in [-0.05, 0) is 33.4 Å². The average molecular weight is 1050 g/mol. The first-order chi connectivity index (χ1) is 29.0. The Labute approximate surface area is 346 Å². The maximum Gasteiger partial charge on any atom is 0.381 e. The van der Waals surface area contributed by atoms with Crippen molar-refractivity contribution in [2.24, 2.45) is 10.2 Å². The minimum absolute atomic E-state index is 0.282. The summed E-state index contributed by atoms with van der Waals surface area (Å²) in [5, 5.41) is 8.49. The zero-order valence-corrected chi connectivity index (χ0v) is 32.1. The molecule has 0 saturated heterocycles. The number of benzene rings is 4. The van der Waals surface area contributed by atoms with Crippen molar-refractivity contribution in [1.29, 1.82) is 0 Å². The Morgan fingerprint density at radius 1 is 0.339 bits per heavy atom. The van der Waals surface area contributed by atoms with E-state index in [1.807, 2.05) is 24.3 Å². The van der Waals surface area contributed by atoms with Crippen LogP contribution in [0.5, 0.6) is 0 Å². The summed E-state index contributed by atoms with van der Waals surface area (Å²) in [5.74, 6) is -71.4. The molecule has 0 aliphatic rings. The average Bonchev–Trinajstić information content (AvgIpc) is 3.89. The van der Waals surface area contributed by atoms with E-state index in [2.05, 4.69) is 20.1 Å². The second kappa shape index (κ2) is 17.9. The Morgan fingerprint density at radius 3 is 0.726 bits per heavy atom. The van der Waals surface area contributed by atoms with Gasteiger partial charge in [-0.25, -0.2) is 87.8 Å². The molecule has 0 unspecified atom stereocenters. The number of nitrogens with zero attached hydrogens (tertiary/aromatic N) is 6. The standard InChI is InChI=1S/C24BF20.C8H4IN6S2/c26-5-1(6(27)14(35)21(42)13(5)34)25(2-7(28)15(36)22(43)16(37)8(2)29,3-9(30)17(38)23(44)18(39)10(3)31)4-11(32)19(40)24(45)20(41)12(4)33;10-14-12-7-3-1-5(16-7)9-6-2-4-8(17-6)13-15-11/h;1-4H/q-1;+1. The van der Waals surface area contributed by atoms with Gasteiger partial charge in [0, 0.05) is 22.0 Å². The van der Waals surface area contributed by atoms with Crippen molar-refractivity contribution in [3.63, 3.8) is 0 Å². The largest absolute Gasteiger partial charge is 0.381 e. The lowest BCUT2D eigenvalue weighted by atomic mass is 9.12. The molecular formula is C32H4BF20IN6S2. The van der Waals surface area contributed by atoms with Gasteiger partial charge in [0.2, 0.25) is 5.77 Å². The van der Waals surface area contributed by atoms with Crippen LogP contribution in [-0.4, -0.2) is 6.15 Å². The summed E-state index contributed by atoms with van der Waals surface area (Å²) in [5.41, 5.74) is 2.29. The maximum atomic E-state index is 15.4. The highest BCUT2D eigenvalue weighted by atomic mass is 127. The molecule has 6 aromatic rings. The third kappa shape index (κ3) is 7.62. The Hall–Kier alpha value is -5.71. The van der Waals surface area contributed by atoms with Gasteiger partial charge < -0.3 is 0 Å². The van der Waals surface area contributed by atoms with E-state index < -0.39 is 144 Å². The zero-order chi connectivity index (χ0) is 46.4. The molecule has 0 bridgehead atoms. The molecule has 0 N–H and O–H groups in total. The first-order valence-corrected chi connectivity index (χ1v) is 19.0. The molecule has 0 atom stereocenters. The van der Waals surface area contributed by atoms with Crippen LogP contribution in [0.3, 0.4) is 0 Å². The molecule has 0 aliphatic carbocycles. The first kappa shape index (κ1) is 47.3. The quantitative estimate of drug-likeness (QED) is 0.0219. The number of thiophene rings is 2. The molecule has 6 nitrogen and oxygen atoms in total. The molecule has 0 amide bonds. The highest BCUT2D eigenvalue weighted by Crippen LogP contribution is 2.31. The molecular weight excluding hydrogens is 1050 g/mol. The summed E-state index contributed by atoms with van der Waals surface area (Å²) < 4.78 is 296. The SMILES string of the molecule is Fc1c(F)c(F)c([B-](c2c(F)c(F)c(F)c(F)c2F)(c2c(F)c(F)c(F)c(F)c2F)c2c(F)c(F)c(F)c(F)c2F)c(F)c1F.[N-]=[N+]=Nc1ccc([I+]c2ccc(N=[N+]=[N-])s2)s1. The van der Waals surface area contributed by atoms with Crippen LogP contribution in [0.1, 0.15) is 0 Å². The number of rotatable bonds is 8. The van der Waals surface area contributed by atoms with Crippen LogP contribution in [0.25, 0.3) is 20.9 Å². The van der Waals surface area contributed by atoms with E-state index in [4.69, 9.17) is 11.1 Å². The normalized spacial score (nSPS) is 11.3. The molecule has 0 fully saturated rings. The van der Waals surface area contributed by atoms with E-state index in [1.54, 1.807) is 0 Å². The first-order valence-electron chi connectivity index (χ1n) is 15.2. The van der Waals surface area contributed by atoms with Gasteiger partial charge in [-0.2, -0.15) is 0 Å². The van der Waals surface area contributed by atoms with Crippen molar-refractivity contribution in [1.82, 2.24) is 0 Å². The highest BCUT2D eigenvalue weighted by Gasteiger charge is 2.52. The van der Waals surface area contributed by atoms with E-state index in [1.165, 1.54) is 28.4 Å². The third-order valence-electron chi connectivity index (χ3n) is 8.30. The number of azide groups is 2. The molecule has 324 valence electrons. The summed E-state index contributed by atoms with van der Waals surface area (Å²) >= 11 is 2.73. The number of hydrogen-bond donors (Lipinski definition) is 0. The van der Waals surface area contributed by atoms with Crippen molar-refractivity contribution >= 4 is 60.7 Å². The summed E-state index contributed by atoms with van der Waals surface area (Å²) in [6, 6.07) is 7.60.